The second-order valence-corrected chi connectivity index (χ2v) is 5.08. The predicted molar refractivity (Wildman–Crippen MR) is 65.8 cm³/mol. The monoisotopic (exact) mass is 241 g/mol. The molecule has 1 aliphatic carbocycles. The summed E-state index contributed by atoms with van der Waals surface area (Å²) in [5.41, 5.74) is 0. The van der Waals surface area contributed by atoms with E-state index in [0.717, 1.165) is 25.7 Å². The summed E-state index contributed by atoms with van der Waals surface area (Å²) < 4.78 is 5.02. The van der Waals surface area contributed by atoms with Crippen LogP contribution >= 0.6 is 0 Å². The Bertz CT molecular complexity index is 270. The molecular formula is C13H23NO3. The third-order valence-electron chi connectivity index (χ3n) is 3.18. The van der Waals surface area contributed by atoms with E-state index in [-0.39, 0.29) is 23.8 Å². The SMILES string of the molecule is CC(=O)[C@@H](NC(=O)OC(C)C)C1CCCCC1. The number of hydrogen-bond acceptors (Lipinski definition) is 3. The third kappa shape index (κ3) is 4.75. The lowest BCUT2D eigenvalue weighted by molar-refractivity contribution is -0.120. The van der Waals surface area contributed by atoms with Crippen molar-refractivity contribution < 1.29 is 14.3 Å². The fourth-order valence-corrected chi connectivity index (χ4v) is 2.39. The molecule has 1 saturated carbocycles. The maximum atomic E-state index is 11.6. The van der Waals surface area contributed by atoms with E-state index in [2.05, 4.69) is 5.32 Å². The van der Waals surface area contributed by atoms with E-state index in [1.54, 1.807) is 13.8 Å². The molecule has 1 fully saturated rings. The lowest BCUT2D eigenvalue weighted by atomic mass is 9.82. The average Bonchev–Trinajstić information content (AvgIpc) is 2.25. The molecule has 0 aliphatic heterocycles. The highest BCUT2D eigenvalue weighted by Gasteiger charge is 2.28. The molecule has 0 bridgehead atoms. The van der Waals surface area contributed by atoms with Crippen molar-refractivity contribution in [2.75, 3.05) is 0 Å². The minimum atomic E-state index is -0.481. The predicted octanol–water partition coefficient (Wildman–Crippen LogP) is 2.66. The van der Waals surface area contributed by atoms with Gasteiger partial charge < -0.3 is 10.1 Å². The standard InChI is InChI=1S/C13H23NO3/c1-9(2)17-13(16)14-12(10(3)15)11-7-5-4-6-8-11/h9,11-12H,4-8H2,1-3H3,(H,14,16)/t12-/m1/s1. The zero-order valence-corrected chi connectivity index (χ0v) is 11.0. The number of amides is 1. The summed E-state index contributed by atoms with van der Waals surface area (Å²) in [6, 6.07) is -0.374. The number of ketones is 1. The normalized spacial score (nSPS) is 18.8. The van der Waals surface area contributed by atoms with Crippen LogP contribution in [-0.2, 0) is 9.53 Å². The molecule has 0 saturated heterocycles. The van der Waals surface area contributed by atoms with E-state index in [9.17, 15) is 9.59 Å². The summed E-state index contributed by atoms with van der Waals surface area (Å²) in [5.74, 6) is 0.304. The molecule has 1 atom stereocenters. The van der Waals surface area contributed by atoms with E-state index >= 15 is 0 Å². The topological polar surface area (TPSA) is 55.4 Å². The van der Waals surface area contributed by atoms with Gasteiger partial charge in [0.25, 0.3) is 0 Å². The Balaban J connectivity index is 2.53. The molecule has 4 nitrogen and oxygen atoms in total. The molecular weight excluding hydrogens is 218 g/mol. The molecule has 0 aromatic heterocycles. The van der Waals surface area contributed by atoms with E-state index in [4.69, 9.17) is 4.74 Å². The summed E-state index contributed by atoms with van der Waals surface area (Å²) in [4.78, 5) is 23.1. The minimum Gasteiger partial charge on any atom is -0.447 e. The van der Waals surface area contributed by atoms with Gasteiger partial charge in [-0.15, -0.1) is 0 Å². The molecule has 1 amide bonds. The van der Waals surface area contributed by atoms with E-state index in [1.165, 1.54) is 13.3 Å². The van der Waals surface area contributed by atoms with Crippen molar-refractivity contribution >= 4 is 11.9 Å². The van der Waals surface area contributed by atoms with Gasteiger partial charge in [0.05, 0.1) is 12.1 Å². The number of ether oxygens (including phenoxy) is 1. The highest BCUT2D eigenvalue weighted by molar-refractivity contribution is 5.85. The van der Waals surface area contributed by atoms with Gasteiger partial charge in [-0.2, -0.15) is 0 Å². The van der Waals surface area contributed by atoms with Gasteiger partial charge in [0, 0.05) is 0 Å². The van der Waals surface area contributed by atoms with Crippen LogP contribution in [0.2, 0.25) is 0 Å². The molecule has 0 radical (unpaired) electrons. The Kier molecular flexibility index (Phi) is 5.45. The summed E-state index contributed by atoms with van der Waals surface area (Å²) in [6.45, 7) is 5.13. The number of nitrogens with one attached hydrogen (secondary N) is 1. The number of carbonyl (C=O) groups excluding carboxylic acids is 2. The van der Waals surface area contributed by atoms with Crippen LogP contribution in [0.5, 0.6) is 0 Å². The van der Waals surface area contributed by atoms with Gasteiger partial charge >= 0.3 is 6.09 Å². The van der Waals surface area contributed by atoms with Gasteiger partial charge in [0.1, 0.15) is 0 Å². The van der Waals surface area contributed by atoms with E-state index in [1.807, 2.05) is 0 Å². The van der Waals surface area contributed by atoms with Crippen LogP contribution in [0.15, 0.2) is 0 Å². The highest BCUT2D eigenvalue weighted by Crippen LogP contribution is 2.26. The summed E-state index contributed by atoms with van der Waals surface area (Å²) in [5, 5.41) is 2.71. The molecule has 1 aliphatic rings. The van der Waals surface area contributed by atoms with Crippen molar-refractivity contribution in [3.63, 3.8) is 0 Å². The highest BCUT2D eigenvalue weighted by atomic mass is 16.6. The first kappa shape index (κ1) is 14.0. The molecule has 0 aromatic carbocycles. The fraction of sp³-hybridized carbons (Fsp3) is 0.846. The van der Waals surface area contributed by atoms with Gasteiger partial charge in [-0.25, -0.2) is 4.79 Å². The van der Waals surface area contributed by atoms with Crippen LogP contribution < -0.4 is 5.32 Å². The second kappa shape index (κ2) is 6.62. The van der Waals surface area contributed by atoms with Gasteiger partial charge in [-0.05, 0) is 39.5 Å². The molecule has 0 spiro atoms. The van der Waals surface area contributed by atoms with Crippen LogP contribution in [0, 0.1) is 5.92 Å². The maximum absolute atomic E-state index is 11.6. The Hall–Kier alpha value is -1.06. The number of rotatable bonds is 4. The molecule has 0 aromatic rings. The lowest BCUT2D eigenvalue weighted by Crippen LogP contribution is -2.46. The maximum Gasteiger partial charge on any atom is 0.407 e. The van der Waals surface area contributed by atoms with E-state index in [0.29, 0.717) is 0 Å². The molecule has 1 N–H and O–H groups in total. The van der Waals surface area contributed by atoms with Crippen molar-refractivity contribution in [3.05, 3.63) is 0 Å². The first-order chi connectivity index (χ1) is 8.00. The Morgan fingerprint density at radius 3 is 2.24 bits per heavy atom. The summed E-state index contributed by atoms with van der Waals surface area (Å²) in [6.07, 6.45) is 4.93. The number of Topliss-reactive ketones (excluding diaryl/α,β-unsaturated/α-hetero) is 1. The first-order valence-electron chi connectivity index (χ1n) is 6.48. The molecule has 0 unspecified atom stereocenters. The Labute approximate surface area is 103 Å². The molecule has 0 heterocycles. The van der Waals surface area contributed by atoms with Crippen LogP contribution in [0.1, 0.15) is 52.9 Å². The zero-order chi connectivity index (χ0) is 12.8. The third-order valence-corrected chi connectivity index (χ3v) is 3.18. The quantitative estimate of drug-likeness (QED) is 0.823. The second-order valence-electron chi connectivity index (χ2n) is 5.08. The van der Waals surface area contributed by atoms with Crippen LogP contribution in [0.25, 0.3) is 0 Å². The van der Waals surface area contributed by atoms with Crippen molar-refractivity contribution in [1.29, 1.82) is 0 Å². The number of hydrogen-bond donors (Lipinski definition) is 1. The van der Waals surface area contributed by atoms with Crippen molar-refractivity contribution in [2.45, 2.75) is 65.0 Å². The Morgan fingerprint density at radius 1 is 1.18 bits per heavy atom. The molecule has 98 valence electrons. The first-order valence-corrected chi connectivity index (χ1v) is 6.48. The Morgan fingerprint density at radius 2 is 1.76 bits per heavy atom. The number of carbonyl (C=O) groups is 2. The smallest absolute Gasteiger partial charge is 0.407 e. The average molecular weight is 241 g/mol. The number of alkyl carbamates (subject to hydrolysis) is 1. The lowest BCUT2D eigenvalue weighted by Gasteiger charge is -2.29. The fourth-order valence-electron chi connectivity index (χ4n) is 2.39. The van der Waals surface area contributed by atoms with E-state index < -0.39 is 6.09 Å². The molecule has 1 rings (SSSR count). The van der Waals surface area contributed by atoms with Crippen molar-refractivity contribution in [1.82, 2.24) is 5.32 Å². The zero-order valence-electron chi connectivity index (χ0n) is 11.0. The van der Waals surface area contributed by atoms with Gasteiger partial charge in [-0.3, -0.25) is 4.79 Å². The van der Waals surface area contributed by atoms with Gasteiger partial charge in [0.2, 0.25) is 0 Å². The van der Waals surface area contributed by atoms with Crippen LogP contribution in [0.4, 0.5) is 4.79 Å². The van der Waals surface area contributed by atoms with Gasteiger partial charge in [-0.1, -0.05) is 19.3 Å². The molecule has 17 heavy (non-hydrogen) atoms. The van der Waals surface area contributed by atoms with Crippen molar-refractivity contribution in [2.24, 2.45) is 5.92 Å². The summed E-state index contributed by atoms with van der Waals surface area (Å²) in [7, 11) is 0. The summed E-state index contributed by atoms with van der Waals surface area (Å²) >= 11 is 0. The van der Waals surface area contributed by atoms with Crippen molar-refractivity contribution in [3.8, 4) is 0 Å². The van der Waals surface area contributed by atoms with Gasteiger partial charge in [0.15, 0.2) is 5.78 Å². The minimum absolute atomic E-state index is 0.0256. The van der Waals surface area contributed by atoms with Crippen LogP contribution in [-0.4, -0.2) is 24.0 Å². The molecule has 4 heteroatoms. The largest absolute Gasteiger partial charge is 0.447 e. The van der Waals surface area contributed by atoms with Crippen LogP contribution in [0.3, 0.4) is 0 Å².